The molecule has 0 radical (unpaired) electrons. The highest BCUT2D eigenvalue weighted by Crippen LogP contribution is 2.33. The van der Waals surface area contributed by atoms with Crippen molar-refractivity contribution < 1.29 is 12.9 Å². The molecule has 0 amide bonds. The van der Waals surface area contributed by atoms with Crippen molar-refractivity contribution >= 4 is 9.84 Å². The Labute approximate surface area is 179 Å². The zero-order chi connectivity index (χ0) is 21.5. The molecule has 0 unspecified atom stereocenters. The van der Waals surface area contributed by atoms with Crippen LogP contribution in [0.3, 0.4) is 0 Å². The smallest absolute Gasteiger partial charge is 0.226 e. The Morgan fingerprint density at radius 2 is 1.73 bits per heavy atom. The molecule has 1 aromatic heterocycles. The highest BCUT2D eigenvalue weighted by Gasteiger charge is 2.44. The van der Waals surface area contributed by atoms with Gasteiger partial charge in [0.2, 0.25) is 11.7 Å². The number of sulfone groups is 1. The Bertz CT molecular complexity index is 887. The molecule has 30 heavy (non-hydrogen) atoms. The van der Waals surface area contributed by atoms with Gasteiger partial charge in [0.25, 0.3) is 0 Å². The van der Waals surface area contributed by atoms with Crippen LogP contribution in [0.2, 0.25) is 0 Å². The summed E-state index contributed by atoms with van der Waals surface area (Å²) in [7, 11) is -3.52. The van der Waals surface area contributed by atoms with E-state index in [9.17, 15) is 8.42 Å². The first-order valence-electron chi connectivity index (χ1n) is 11.1. The molecule has 3 N–H and O–H groups in total. The Morgan fingerprint density at radius 1 is 1.07 bits per heavy atom. The van der Waals surface area contributed by atoms with E-state index >= 15 is 0 Å². The van der Waals surface area contributed by atoms with E-state index in [-0.39, 0.29) is 6.54 Å². The van der Waals surface area contributed by atoms with Crippen molar-refractivity contribution in [1.82, 2.24) is 15.5 Å². The molecular weight excluding hydrogens is 400 g/mol. The average Bonchev–Trinajstić information content (AvgIpc) is 3.25. The third-order valence-electron chi connectivity index (χ3n) is 6.09. The average molecular weight is 435 g/mol. The van der Waals surface area contributed by atoms with Crippen LogP contribution in [-0.4, -0.2) is 42.9 Å². The van der Waals surface area contributed by atoms with Gasteiger partial charge in [-0.25, -0.2) is 8.42 Å². The molecule has 1 fully saturated rings. The van der Waals surface area contributed by atoms with Gasteiger partial charge in [0.1, 0.15) is 0 Å². The minimum Gasteiger partial charge on any atom is -0.339 e. The number of aryl methyl sites for hydroxylation is 1. The molecule has 2 aromatic rings. The van der Waals surface area contributed by atoms with Gasteiger partial charge in [0.15, 0.2) is 9.84 Å². The fourth-order valence-corrected chi connectivity index (χ4v) is 5.98. The molecule has 7 nitrogen and oxygen atoms in total. The number of piperidine rings is 1. The van der Waals surface area contributed by atoms with Crippen LogP contribution in [0.15, 0.2) is 33.7 Å². The number of nitrogens with two attached hydrogens (primary N) is 1. The molecule has 0 bridgehead atoms. The van der Waals surface area contributed by atoms with Crippen molar-refractivity contribution in [2.24, 2.45) is 5.73 Å². The van der Waals surface area contributed by atoms with Crippen LogP contribution in [0.25, 0.3) is 11.4 Å². The number of hydrogen-bond donors (Lipinski definition) is 2. The zero-order valence-electron chi connectivity index (χ0n) is 17.9. The quantitative estimate of drug-likeness (QED) is 0.521. The Kier molecular flexibility index (Phi) is 8.02. The molecule has 0 aliphatic carbocycles. The highest BCUT2D eigenvalue weighted by atomic mass is 32.2. The summed E-state index contributed by atoms with van der Waals surface area (Å²) in [6.07, 6.45) is 9.10. The van der Waals surface area contributed by atoms with Gasteiger partial charge >= 0.3 is 0 Å². The lowest BCUT2D eigenvalue weighted by molar-refractivity contribution is 0.373. The van der Waals surface area contributed by atoms with Crippen molar-refractivity contribution in [3.8, 4) is 11.4 Å². The lowest BCUT2D eigenvalue weighted by Crippen LogP contribution is -2.52. The number of benzene rings is 1. The molecule has 1 aromatic carbocycles. The zero-order valence-corrected chi connectivity index (χ0v) is 18.7. The first-order chi connectivity index (χ1) is 14.5. The van der Waals surface area contributed by atoms with E-state index in [1.807, 2.05) is 0 Å². The second kappa shape index (κ2) is 10.5. The van der Waals surface area contributed by atoms with Crippen LogP contribution in [0.5, 0.6) is 0 Å². The molecule has 8 heteroatoms. The van der Waals surface area contributed by atoms with Gasteiger partial charge in [-0.3, -0.25) is 0 Å². The second-order valence-electron chi connectivity index (χ2n) is 8.19. The van der Waals surface area contributed by atoms with Crippen molar-refractivity contribution in [3.63, 3.8) is 0 Å². The lowest BCUT2D eigenvalue weighted by atomic mass is 9.97. The molecule has 3 rings (SSSR count). The van der Waals surface area contributed by atoms with Crippen LogP contribution in [0.4, 0.5) is 0 Å². The van der Waals surface area contributed by atoms with Gasteiger partial charge in [-0.05, 0) is 56.6 Å². The number of hydrogen-bond acceptors (Lipinski definition) is 7. The summed E-state index contributed by atoms with van der Waals surface area (Å²) in [5.41, 5.74) is 6.67. The van der Waals surface area contributed by atoms with Crippen LogP contribution < -0.4 is 11.1 Å². The Hall–Kier alpha value is -1.77. The van der Waals surface area contributed by atoms with Gasteiger partial charge in [-0.15, -0.1) is 0 Å². The molecule has 1 aliphatic rings. The van der Waals surface area contributed by atoms with Gasteiger partial charge < -0.3 is 15.6 Å². The normalized spacial score (nSPS) is 16.6. The van der Waals surface area contributed by atoms with Crippen LogP contribution in [0.1, 0.15) is 64.2 Å². The topological polar surface area (TPSA) is 111 Å². The van der Waals surface area contributed by atoms with Crippen LogP contribution in [0, 0.1) is 0 Å². The standard InChI is InChI=1S/C22H34N4O3S/c1-2-3-4-5-6-7-8-20-25-21(26-29-20)18-9-11-19(12-10-18)30(27,28)22(17-23)13-15-24-16-14-22/h9-12,24H,2-8,13-17,23H2,1H3. The fraction of sp³-hybridized carbons (Fsp3) is 0.636. The van der Waals surface area contributed by atoms with E-state index in [0.717, 1.165) is 18.4 Å². The fourth-order valence-electron chi connectivity index (χ4n) is 4.03. The largest absolute Gasteiger partial charge is 0.339 e. The predicted octanol–water partition coefficient (Wildman–Crippen LogP) is 3.49. The minimum atomic E-state index is -3.52. The summed E-state index contributed by atoms with van der Waals surface area (Å²) < 4.78 is 31.0. The van der Waals surface area contributed by atoms with Crippen LogP contribution >= 0.6 is 0 Å². The molecule has 166 valence electrons. The van der Waals surface area contributed by atoms with Crippen LogP contribution in [-0.2, 0) is 16.3 Å². The third-order valence-corrected chi connectivity index (χ3v) is 8.70. The predicted molar refractivity (Wildman–Crippen MR) is 118 cm³/mol. The van der Waals surface area contributed by atoms with E-state index < -0.39 is 14.6 Å². The van der Waals surface area contributed by atoms with Crippen molar-refractivity contribution in [2.45, 2.75) is 74.4 Å². The molecule has 0 spiro atoms. The monoisotopic (exact) mass is 434 g/mol. The summed E-state index contributed by atoms with van der Waals surface area (Å²) in [5, 5.41) is 7.27. The maximum Gasteiger partial charge on any atom is 0.226 e. The minimum absolute atomic E-state index is 0.130. The first-order valence-corrected chi connectivity index (χ1v) is 12.6. The van der Waals surface area contributed by atoms with Crippen molar-refractivity contribution in [1.29, 1.82) is 0 Å². The molecule has 1 aliphatic heterocycles. The summed E-state index contributed by atoms with van der Waals surface area (Å²) in [6, 6.07) is 6.76. The molecule has 0 saturated carbocycles. The molecular formula is C22H34N4O3S. The number of rotatable bonds is 11. The molecule has 1 saturated heterocycles. The number of nitrogens with zero attached hydrogens (tertiary/aromatic N) is 2. The van der Waals surface area contributed by atoms with Crippen molar-refractivity contribution in [2.75, 3.05) is 19.6 Å². The number of nitrogens with one attached hydrogen (secondary N) is 1. The summed E-state index contributed by atoms with van der Waals surface area (Å²) in [4.78, 5) is 4.77. The third kappa shape index (κ3) is 5.10. The number of unbranched alkanes of at least 4 members (excludes halogenated alkanes) is 5. The second-order valence-corrected chi connectivity index (χ2v) is 10.5. The Balaban J connectivity index is 1.64. The van der Waals surface area contributed by atoms with E-state index in [2.05, 4.69) is 22.4 Å². The summed E-state index contributed by atoms with van der Waals surface area (Å²) >= 11 is 0. The molecule has 2 heterocycles. The van der Waals surface area contributed by atoms with Gasteiger partial charge in [0, 0.05) is 18.5 Å². The maximum absolute atomic E-state index is 13.2. The SMILES string of the molecule is CCCCCCCCc1nc(-c2ccc(S(=O)(=O)C3(CN)CCNCC3)cc2)no1. The molecule has 0 atom stereocenters. The lowest BCUT2D eigenvalue weighted by Gasteiger charge is -2.35. The highest BCUT2D eigenvalue weighted by molar-refractivity contribution is 7.92. The number of aromatic nitrogens is 2. The van der Waals surface area contributed by atoms with E-state index in [1.54, 1.807) is 24.3 Å². The van der Waals surface area contributed by atoms with E-state index in [0.29, 0.717) is 42.5 Å². The maximum atomic E-state index is 13.2. The first kappa shape index (κ1) is 22.9. The van der Waals surface area contributed by atoms with Gasteiger partial charge in [-0.1, -0.05) is 44.2 Å². The van der Waals surface area contributed by atoms with E-state index in [4.69, 9.17) is 10.3 Å². The Morgan fingerprint density at radius 3 is 2.40 bits per heavy atom. The summed E-state index contributed by atoms with van der Waals surface area (Å²) in [5.74, 6) is 1.13. The van der Waals surface area contributed by atoms with Gasteiger partial charge in [-0.2, -0.15) is 4.98 Å². The summed E-state index contributed by atoms with van der Waals surface area (Å²) in [6.45, 7) is 3.68. The van der Waals surface area contributed by atoms with Crippen molar-refractivity contribution in [3.05, 3.63) is 30.2 Å². The van der Waals surface area contributed by atoms with E-state index in [1.165, 1.54) is 32.1 Å². The van der Waals surface area contributed by atoms with Gasteiger partial charge in [0.05, 0.1) is 9.64 Å².